The molecule has 0 spiro atoms. The predicted octanol–water partition coefficient (Wildman–Crippen LogP) is 1.61. The fraction of sp³-hybridized carbons (Fsp3) is 0.500. The Labute approximate surface area is 139 Å². The van der Waals surface area contributed by atoms with E-state index in [0.29, 0.717) is 17.6 Å². The Hall–Kier alpha value is -2.64. The summed E-state index contributed by atoms with van der Waals surface area (Å²) in [7, 11) is 0. The van der Waals surface area contributed by atoms with Gasteiger partial charge in [0.15, 0.2) is 11.6 Å². The summed E-state index contributed by atoms with van der Waals surface area (Å²) in [6.45, 7) is 3.87. The van der Waals surface area contributed by atoms with Gasteiger partial charge in [0.1, 0.15) is 6.04 Å². The average molecular weight is 332 g/mol. The number of furan rings is 1. The van der Waals surface area contributed by atoms with Crippen LogP contribution in [-0.2, 0) is 11.3 Å². The summed E-state index contributed by atoms with van der Waals surface area (Å²) in [6, 6.07) is 2.48. The van der Waals surface area contributed by atoms with Crippen LogP contribution in [0.4, 0.5) is 0 Å². The average Bonchev–Trinajstić information content (AvgIpc) is 3.07. The lowest BCUT2D eigenvalue weighted by atomic mass is 10.0. The van der Waals surface area contributed by atoms with Crippen LogP contribution in [0.15, 0.2) is 27.3 Å². The molecular formula is C16H20N4O4. The van der Waals surface area contributed by atoms with E-state index in [9.17, 15) is 9.59 Å². The maximum atomic E-state index is 12.4. The van der Waals surface area contributed by atoms with Gasteiger partial charge in [0.2, 0.25) is 11.8 Å². The molecule has 2 heterocycles. The Morgan fingerprint density at radius 1 is 1.38 bits per heavy atom. The Morgan fingerprint density at radius 2 is 2.17 bits per heavy atom. The van der Waals surface area contributed by atoms with E-state index in [2.05, 4.69) is 20.8 Å². The van der Waals surface area contributed by atoms with E-state index in [-0.39, 0.29) is 24.1 Å². The molecule has 1 atom stereocenters. The highest BCUT2D eigenvalue weighted by atomic mass is 16.5. The molecule has 1 aliphatic rings. The Kier molecular flexibility index (Phi) is 4.64. The van der Waals surface area contributed by atoms with E-state index >= 15 is 0 Å². The third-order valence-corrected chi connectivity index (χ3v) is 3.81. The number of aromatic nitrogens is 2. The van der Waals surface area contributed by atoms with Crippen LogP contribution in [0.5, 0.6) is 0 Å². The summed E-state index contributed by atoms with van der Waals surface area (Å²) in [5.74, 6) is 0.790. The molecule has 0 aliphatic heterocycles. The van der Waals surface area contributed by atoms with Gasteiger partial charge < -0.3 is 19.6 Å². The molecule has 1 fully saturated rings. The highest BCUT2D eigenvalue weighted by molar-refractivity contribution is 5.95. The van der Waals surface area contributed by atoms with E-state index in [1.165, 1.54) is 6.26 Å². The van der Waals surface area contributed by atoms with Gasteiger partial charge in [0, 0.05) is 5.92 Å². The van der Waals surface area contributed by atoms with E-state index in [1.807, 2.05) is 13.8 Å². The summed E-state index contributed by atoms with van der Waals surface area (Å²) in [6.07, 6.45) is 3.55. The highest BCUT2D eigenvalue weighted by Crippen LogP contribution is 2.38. The molecule has 8 heteroatoms. The van der Waals surface area contributed by atoms with Crippen LogP contribution in [-0.4, -0.2) is 28.0 Å². The maximum Gasteiger partial charge on any atom is 0.287 e. The summed E-state index contributed by atoms with van der Waals surface area (Å²) in [4.78, 5) is 28.7. The monoisotopic (exact) mass is 332 g/mol. The first-order chi connectivity index (χ1) is 11.5. The van der Waals surface area contributed by atoms with Crippen LogP contribution in [0.1, 0.15) is 54.9 Å². The standard InChI is InChI=1S/C16H20N4O4/c1-9(2)13(19-14(21)11-4-3-7-23-11)15(22)17-8-12-18-16(24-20-12)10-5-6-10/h3-4,7,9-10,13H,5-6,8H2,1-2H3,(H,17,22)(H,19,21). The fourth-order valence-electron chi connectivity index (χ4n) is 2.27. The van der Waals surface area contributed by atoms with Crippen molar-refractivity contribution in [3.8, 4) is 0 Å². The Morgan fingerprint density at radius 3 is 2.79 bits per heavy atom. The summed E-state index contributed by atoms with van der Waals surface area (Å²) < 4.78 is 10.2. The van der Waals surface area contributed by atoms with Crippen molar-refractivity contribution >= 4 is 11.8 Å². The van der Waals surface area contributed by atoms with Crippen LogP contribution in [0.2, 0.25) is 0 Å². The highest BCUT2D eigenvalue weighted by Gasteiger charge is 2.30. The molecule has 0 bridgehead atoms. The molecule has 3 rings (SSSR count). The zero-order chi connectivity index (χ0) is 17.1. The molecule has 1 aliphatic carbocycles. The van der Waals surface area contributed by atoms with E-state index in [0.717, 1.165) is 12.8 Å². The first kappa shape index (κ1) is 16.2. The van der Waals surface area contributed by atoms with Crippen molar-refractivity contribution in [2.75, 3.05) is 0 Å². The molecule has 24 heavy (non-hydrogen) atoms. The van der Waals surface area contributed by atoms with Gasteiger partial charge in [0.05, 0.1) is 12.8 Å². The summed E-state index contributed by atoms with van der Waals surface area (Å²) in [5.41, 5.74) is 0. The zero-order valence-corrected chi connectivity index (χ0v) is 13.6. The molecule has 2 N–H and O–H groups in total. The molecule has 0 aromatic carbocycles. The van der Waals surface area contributed by atoms with Gasteiger partial charge in [-0.25, -0.2) is 0 Å². The minimum atomic E-state index is -0.683. The second-order valence-corrected chi connectivity index (χ2v) is 6.21. The molecule has 0 radical (unpaired) electrons. The van der Waals surface area contributed by atoms with Crippen molar-refractivity contribution in [2.24, 2.45) is 5.92 Å². The van der Waals surface area contributed by atoms with Crippen LogP contribution in [0.3, 0.4) is 0 Å². The smallest absolute Gasteiger partial charge is 0.287 e. The van der Waals surface area contributed by atoms with Gasteiger partial charge >= 0.3 is 0 Å². The molecular weight excluding hydrogens is 312 g/mol. The summed E-state index contributed by atoms with van der Waals surface area (Å²) >= 11 is 0. The fourth-order valence-corrected chi connectivity index (χ4v) is 2.27. The first-order valence-corrected chi connectivity index (χ1v) is 7.99. The lowest BCUT2D eigenvalue weighted by Gasteiger charge is -2.20. The minimum Gasteiger partial charge on any atom is -0.459 e. The molecule has 2 amide bonds. The summed E-state index contributed by atoms with van der Waals surface area (Å²) in [5, 5.41) is 9.27. The molecule has 2 aromatic rings. The number of hydrogen-bond acceptors (Lipinski definition) is 6. The quantitative estimate of drug-likeness (QED) is 0.797. The van der Waals surface area contributed by atoms with E-state index in [1.54, 1.807) is 12.1 Å². The lowest BCUT2D eigenvalue weighted by molar-refractivity contribution is -0.124. The lowest BCUT2D eigenvalue weighted by Crippen LogP contribution is -2.49. The van der Waals surface area contributed by atoms with Crippen molar-refractivity contribution in [3.05, 3.63) is 35.9 Å². The molecule has 2 aromatic heterocycles. The second-order valence-electron chi connectivity index (χ2n) is 6.21. The molecule has 128 valence electrons. The zero-order valence-electron chi connectivity index (χ0n) is 13.6. The van der Waals surface area contributed by atoms with Gasteiger partial charge in [-0.15, -0.1) is 0 Å². The maximum absolute atomic E-state index is 12.4. The molecule has 1 saturated carbocycles. The van der Waals surface area contributed by atoms with Crippen LogP contribution < -0.4 is 10.6 Å². The normalized spacial score (nSPS) is 15.3. The number of carbonyl (C=O) groups is 2. The largest absolute Gasteiger partial charge is 0.459 e. The Bertz CT molecular complexity index is 703. The second kappa shape index (κ2) is 6.86. The van der Waals surface area contributed by atoms with Crippen molar-refractivity contribution in [1.29, 1.82) is 0 Å². The van der Waals surface area contributed by atoms with Gasteiger partial charge in [-0.3, -0.25) is 9.59 Å². The van der Waals surface area contributed by atoms with Crippen molar-refractivity contribution in [1.82, 2.24) is 20.8 Å². The van der Waals surface area contributed by atoms with Crippen molar-refractivity contribution < 1.29 is 18.5 Å². The third kappa shape index (κ3) is 3.81. The van der Waals surface area contributed by atoms with Gasteiger partial charge in [-0.1, -0.05) is 19.0 Å². The Balaban J connectivity index is 1.56. The van der Waals surface area contributed by atoms with Crippen molar-refractivity contribution in [2.45, 2.75) is 45.2 Å². The molecule has 1 unspecified atom stereocenters. The van der Waals surface area contributed by atoms with Crippen LogP contribution in [0, 0.1) is 5.92 Å². The topological polar surface area (TPSA) is 110 Å². The van der Waals surface area contributed by atoms with Gasteiger partial charge in [-0.05, 0) is 30.9 Å². The van der Waals surface area contributed by atoms with Crippen LogP contribution >= 0.6 is 0 Å². The number of carbonyl (C=O) groups excluding carboxylic acids is 2. The number of rotatable bonds is 7. The number of amides is 2. The molecule has 8 nitrogen and oxygen atoms in total. The first-order valence-electron chi connectivity index (χ1n) is 7.99. The van der Waals surface area contributed by atoms with Gasteiger partial charge in [0.25, 0.3) is 5.91 Å². The number of nitrogens with one attached hydrogen (secondary N) is 2. The molecule has 0 saturated heterocycles. The predicted molar refractivity (Wildman–Crippen MR) is 82.9 cm³/mol. The number of nitrogens with zero attached hydrogens (tertiary/aromatic N) is 2. The minimum absolute atomic E-state index is 0.0868. The van der Waals surface area contributed by atoms with E-state index < -0.39 is 11.9 Å². The van der Waals surface area contributed by atoms with Crippen molar-refractivity contribution in [3.63, 3.8) is 0 Å². The SMILES string of the molecule is CC(C)C(NC(=O)c1ccco1)C(=O)NCc1noc(C2CC2)n1. The van der Waals surface area contributed by atoms with Gasteiger partial charge in [-0.2, -0.15) is 4.98 Å². The number of hydrogen-bond donors (Lipinski definition) is 2. The van der Waals surface area contributed by atoms with E-state index in [4.69, 9.17) is 8.94 Å². The third-order valence-electron chi connectivity index (χ3n) is 3.81. The van der Waals surface area contributed by atoms with Crippen LogP contribution in [0.25, 0.3) is 0 Å².